The Morgan fingerprint density at radius 2 is 2.00 bits per heavy atom. The van der Waals surface area contributed by atoms with E-state index >= 15 is 0 Å². The number of hydrogen-bond donors (Lipinski definition) is 3. The summed E-state index contributed by atoms with van der Waals surface area (Å²) in [4.78, 5) is 10.2. The lowest BCUT2D eigenvalue weighted by atomic mass is 9.92. The van der Waals surface area contributed by atoms with Crippen molar-refractivity contribution in [1.82, 2.24) is 5.32 Å². The van der Waals surface area contributed by atoms with Crippen LogP contribution in [0.4, 0.5) is 0 Å². The van der Waals surface area contributed by atoms with E-state index in [9.17, 15) is 4.79 Å². The third-order valence-corrected chi connectivity index (χ3v) is 2.54. The van der Waals surface area contributed by atoms with Crippen LogP contribution in [-0.2, 0) is 4.79 Å². The van der Waals surface area contributed by atoms with E-state index in [-0.39, 0.29) is 6.42 Å². The second kappa shape index (κ2) is 5.19. The summed E-state index contributed by atoms with van der Waals surface area (Å²) in [5.41, 5.74) is 5.75. The van der Waals surface area contributed by atoms with Crippen molar-refractivity contribution in [2.45, 2.75) is 44.2 Å². The maximum absolute atomic E-state index is 10.2. The van der Waals surface area contributed by atoms with E-state index in [4.69, 9.17) is 10.8 Å². The zero-order valence-electron chi connectivity index (χ0n) is 7.83. The van der Waals surface area contributed by atoms with Crippen LogP contribution in [0.15, 0.2) is 0 Å². The summed E-state index contributed by atoms with van der Waals surface area (Å²) in [5.74, 6) is -0.736. The molecule has 1 saturated carbocycles. The second-order valence-corrected chi connectivity index (χ2v) is 3.71. The van der Waals surface area contributed by atoms with Gasteiger partial charge in [0.1, 0.15) is 0 Å². The maximum Gasteiger partial charge on any atom is 0.304 e. The molecule has 0 amide bonds. The van der Waals surface area contributed by atoms with Gasteiger partial charge in [0, 0.05) is 18.6 Å². The van der Waals surface area contributed by atoms with Gasteiger partial charge < -0.3 is 16.2 Å². The van der Waals surface area contributed by atoms with Crippen LogP contribution in [0.2, 0.25) is 0 Å². The number of carboxylic acids is 1. The van der Waals surface area contributed by atoms with Crippen LogP contribution in [0.25, 0.3) is 0 Å². The molecule has 0 aliphatic heterocycles. The topological polar surface area (TPSA) is 75.3 Å². The summed E-state index contributed by atoms with van der Waals surface area (Å²) in [5, 5.41) is 11.7. The minimum atomic E-state index is -0.736. The molecular formula is C9H18N2O2. The van der Waals surface area contributed by atoms with Gasteiger partial charge in [-0.2, -0.15) is 0 Å². The first-order chi connectivity index (χ1) is 6.18. The fraction of sp³-hybridized carbons (Fsp3) is 0.889. The van der Waals surface area contributed by atoms with E-state index in [1.165, 1.54) is 0 Å². The van der Waals surface area contributed by atoms with Gasteiger partial charge in [-0.25, -0.2) is 0 Å². The number of nitrogens with two attached hydrogens (primary N) is 1. The van der Waals surface area contributed by atoms with Gasteiger partial charge in [-0.15, -0.1) is 0 Å². The number of carboxylic acid groups (broad SMARTS) is 1. The molecule has 1 rings (SSSR count). The normalized spacial score (nSPS) is 28.7. The number of carbonyl (C=O) groups is 1. The summed E-state index contributed by atoms with van der Waals surface area (Å²) < 4.78 is 0. The Hall–Kier alpha value is -0.610. The Bertz CT molecular complexity index is 165. The number of aliphatic carboxylic acids is 1. The lowest BCUT2D eigenvalue weighted by molar-refractivity contribution is -0.136. The van der Waals surface area contributed by atoms with Crippen molar-refractivity contribution in [1.29, 1.82) is 0 Å². The molecule has 0 aromatic rings. The fourth-order valence-corrected chi connectivity index (χ4v) is 1.71. The molecule has 1 aliphatic carbocycles. The van der Waals surface area contributed by atoms with E-state index in [0.717, 1.165) is 25.7 Å². The average molecular weight is 186 g/mol. The minimum absolute atomic E-state index is 0.211. The monoisotopic (exact) mass is 186 g/mol. The highest BCUT2D eigenvalue weighted by molar-refractivity contribution is 5.66. The van der Waals surface area contributed by atoms with E-state index in [2.05, 4.69) is 5.32 Å². The molecule has 0 atom stereocenters. The third kappa shape index (κ3) is 4.24. The van der Waals surface area contributed by atoms with Crippen molar-refractivity contribution in [2.24, 2.45) is 5.73 Å². The Morgan fingerprint density at radius 3 is 2.54 bits per heavy atom. The molecule has 4 N–H and O–H groups in total. The highest BCUT2D eigenvalue weighted by Crippen LogP contribution is 2.16. The molecule has 13 heavy (non-hydrogen) atoms. The minimum Gasteiger partial charge on any atom is -0.481 e. The Balaban J connectivity index is 2.05. The number of rotatable bonds is 4. The largest absolute Gasteiger partial charge is 0.481 e. The molecule has 0 radical (unpaired) electrons. The Kier molecular flexibility index (Phi) is 4.18. The van der Waals surface area contributed by atoms with Crippen molar-refractivity contribution in [3.63, 3.8) is 0 Å². The second-order valence-electron chi connectivity index (χ2n) is 3.71. The van der Waals surface area contributed by atoms with Crippen molar-refractivity contribution in [2.75, 3.05) is 6.54 Å². The Morgan fingerprint density at radius 1 is 1.38 bits per heavy atom. The summed E-state index contributed by atoms with van der Waals surface area (Å²) in [6.45, 7) is 0.579. The lowest BCUT2D eigenvalue weighted by Gasteiger charge is -2.26. The van der Waals surface area contributed by atoms with Gasteiger partial charge in [0.25, 0.3) is 0 Å². The molecule has 0 spiro atoms. The van der Waals surface area contributed by atoms with Crippen molar-refractivity contribution in [3.8, 4) is 0 Å². The van der Waals surface area contributed by atoms with Crippen LogP contribution in [0.5, 0.6) is 0 Å². The number of hydrogen-bond acceptors (Lipinski definition) is 3. The zero-order chi connectivity index (χ0) is 9.68. The summed E-state index contributed by atoms with van der Waals surface area (Å²) >= 11 is 0. The van der Waals surface area contributed by atoms with Gasteiger partial charge in [-0.1, -0.05) is 0 Å². The Labute approximate surface area is 78.5 Å². The third-order valence-electron chi connectivity index (χ3n) is 2.54. The van der Waals surface area contributed by atoms with Crippen molar-refractivity contribution in [3.05, 3.63) is 0 Å². The van der Waals surface area contributed by atoms with Gasteiger partial charge in [0.2, 0.25) is 0 Å². The van der Waals surface area contributed by atoms with Crippen LogP contribution in [0.1, 0.15) is 32.1 Å². The molecule has 76 valence electrons. The number of nitrogens with one attached hydrogen (secondary N) is 1. The summed E-state index contributed by atoms with van der Waals surface area (Å²) in [6, 6.07) is 0.844. The SMILES string of the molecule is NC1CCC(NCCC(=O)O)CC1. The first-order valence-electron chi connectivity index (χ1n) is 4.89. The van der Waals surface area contributed by atoms with Gasteiger partial charge in [-0.3, -0.25) is 4.79 Å². The van der Waals surface area contributed by atoms with Crippen LogP contribution in [0, 0.1) is 0 Å². The van der Waals surface area contributed by atoms with Crippen molar-refractivity contribution >= 4 is 5.97 Å². The zero-order valence-corrected chi connectivity index (χ0v) is 7.83. The molecule has 1 aliphatic rings. The first-order valence-corrected chi connectivity index (χ1v) is 4.89. The van der Waals surface area contributed by atoms with E-state index in [0.29, 0.717) is 18.6 Å². The summed E-state index contributed by atoms with van der Waals surface area (Å²) in [7, 11) is 0. The van der Waals surface area contributed by atoms with Gasteiger partial charge in [0.05, 0.1) is 6.42 Å². The van der Waals surface area contributed by atoms with E-state index in [1.54, 1.807) is 0 Å². The molecule has 0 heterocycles. The van der Waals surface area contributed by atoms with E-state index in [1.807, 2.05) is 0 Å². The van der Waals surface area contributed by atoms with Gasteiger partial charge in [-0.05, 0) is 25.7 Å². The van der Waals surface area contributed by atoms with Gasteiger partial charge in [0.15, 0.2) is 0 Å². The first kappa shape index (κ1) is 10.5. The van der Waals surface area contributed by atoms with Crippen LogP contribution in [-0.4, -0.2) is 29.7 Å². The standard InChI is InChI=1S/C9H18N2O2/c10-7-1-3-8(4-2-7)11-6-5-9(12)13/h7-8,11H,1-6,10H2,(H,12,13). The van der Waals surface area contributed by atoms with Crippen LogP contribution < -0.4 is 11.1 Å². The van der Waals surface area contributed by atoms with Crippen LogP contribution in [0.3, 0.4) is 0 Å². The maximum atomic E-state index is 10.2. The molecule has 0 aromatic heterocycles. The fourth-order valence-electron chi connectivity index (χ4n) is 1.71. The molecule has 1 fully saturated rings. The molecule has 4 nitrogen and oxygen atoms in total. The molecular weight excluding hydrogens is 168 g/mol. The highest BCUT2D eigenvalue weighted by Gasteiger charge is 2.17. The molecule has 0 saturated heterocycles. The molecule has 4 heteroatoms. The molecule has 0 unspecified atom stereocenters. The predicted octanol–water partition coefficient (Wildman–Crippen LogP) is 0.321. The van der Waals surface area contributed by atoms with Crippen LogP contribution >= 0.6 is 0 Å². The quantitative estimate of drug-likeness (QED) is 0.591. The van der Waals surface area contributed by atoms with Crippen molar-refractivity contribution < 1.29 is 9.90 Å². The lowest BCUT2D eigenvalue weighted by Crippen LogP contribution is -2.38. The summed E-state index contributed by atoms with van der Waals surface area (Å²) in [6.07, 6.45) is 4.50. The van der Waals surface area contributed by atoms with E-state index < -0.39 is 5.97 Å². The smallest absolute Gasteiger partial charge is 0.304 e. The molecule has 0 aromatic carbocycles. The molecule has 0 bridgehead atoms. The highest BCUT2D eigenvalue weighted by atomic mass is 16.4. The average Bonchev–Trinajstić information content (AvgIpc) is 2.08. The van der Waals surface area contributed by atoms with Gasteiger partial charge >= 0.3 is 5.97 Å². The predicted molar refractivity (Wildman–Crippen MR) is 50.5 cm³/mol.